The van der Waals surface area contributed by atoms with E-state index >= 15 is 0 Å². The first-order valence-electron chi connectivity index (χ1n) is 8.46. The molecule has 0 radical (unpaired) electrons. The summed E-state index contributed by atoms with van der Waals surface area (Å²) in [4.78, 5) is 13.1. The van der Waals surface area contributed by atoms with Crippen molar-refractivity contribution >= 4 is 45.7 Å². The molecular formula is C17H27BrN4OS. The Balaban J connectivity index is 1.74. The number of benzene rings is 1. The summed E-state index contributed by atoms with van der Waals surface area (Å²) in [5, 5.41) is 6.19. The zero-order valence-corrected chi connectivity index (χ0v) is 16.8. The van der Waals surface area contributed by atoms with Crippen LogP contribution in [0.2, 0.25) is 0 Å². The summed E-state index contributed by atoms with van der Waals surface area (Å²) in [7, 11) is 0. The van der Waals surface area contributed by atoms with Gasteiger partial charge in [-0.1, -0.05) is 25.8 Å². The molecule has 0 aliphatic carbocycles. The van der Waals surface area contributed by atoms with Crippen molar-refractivity contribution in [3.05, 3.63) is 22.7 Å². The molecule has 1 heterocycles. The van der Waals surface area contributed by atoms with Gasteiger partial charge in [0, 0.05) is 48.1 Å². The number of anilines is 2. The van der Waals surface area contributed by atoms with Crippen molar-refractivity contribution in [1.82, 2.24) is 9.62 Å². The van der Waals surface area contributed by atoms with Crippen molar-refractivity contribution in [2.75, 3.05) is 48.7 Å². The topological polar surface area (TPSA) is 47.6 Å². The maximum absolute atomic E-state index is 10.7. The normalized spacial score (nSPS) is 15.8. The SMILES string of the molecule is CC(C)NCCCSN1CCN(c2ccc(Br)c(NC=O)c2)CC1. The van der Waals surface area contributed by atoms with Crippen LogP contribution in [0, 0.1) is 0 Å². The van der Waals surface area contributed by atoms with E-state index < -0.39 is 0 Å². The third-order valence-corrected chi connectivity index (χ3v) is 5.81. The smallest absolute Gasteiger partial charge is 0.211 e. The maximum Gasteiger partial charge on any atom is 0.211 e. The van der Waals surface area contributed by atoms with Crippen LogP contribution in [0.4, 0.5) is 11.4 Å². The number of nitrogens with zero attached hydrogens (tertiary/aromatic N) is 2. The zero-order valence-electron chi connectivity index (χ0n) is 14.4. The Morgan fingerprint density at radius 3 is 2.71 bits per heavy atom. The fraction of sp³-hybridized carbons (Fsp3) is 0.588. The Labute approximate surface area is 157 Å². The van der Waals surface area contributed by atoms with Crippen LogP contribution in [0.1, 0.15) is 20.3 Å². The minimum atomic E-state index is 0.572. The predicted molar refractivity (Wildman–Crippen MR) is 108 cm³/mol. The summed E-state index contributed by atoms with van der Waals surface area (Å²) < 4.78 is 3.37. The monoisotopic (exact) mass is 414 g/mol. The largest absolute Gasteiger partial charge is 0.369 e. The van der Waals surface area contributed by atoms with Crippen molar-refractivity contribution in [2.45, 2.75) is 26.3 Å². The van der Waals surface area contributed by atoms with Crippen molar-refractivity contribution < 1.29 is 4.79 Å². The van der Waals surface area contributed by atoms with Crippen LogP contribution in [-0.4, -0.2) is 55.2 Å². The number of piperazine rings is 1. The van der Waals surface area contributed by atoms with Crippen LogP contribution in [0.3, 0.4) is 0 Å². The number of amides is 1. The van der Waals surface area contributed by atoms with Crippen LogP contribution in [0.5, 0.6) is 0 Å². The summed E-state index contributed by atoms with van der Waals surface area (Å²) in [5.41, 5.74) is 1.98. The molecule has 0 atom stereocenters. The zero-order chi connectivity index (χ0) is 17.4. The van der Waals surface area contributed by atoms with Crippen molar-refractivity contribution in [3.63, 3.8) is 0 Å². The van der Waals surface area contributed by atoms with Crippen LogP contribution in [-0.2, 0) is 4.79 Å². The Morgan fingerprint density at radius 1 is 1.29 bits per heavy atom. The summed E-state index contributed by atoms with van der Waals surface area (Å²) in [6.07, 6.45) is 1.92. The molecule has 0 aromatic heterocycles. The minimum absolute atomic E-state index is 0.572. The quantitative estimate of drug-likeness (QED) is 0.369. The number of hydrogen-bond donors (Lipinski definition) is 2. The molecule has 1 fully saturated rings. The molecule has 2 N–H and O–H groups in total. The highest BCUT2D eigenvalue weighted by Gasteiger charge is 2.18. The molecule has 0 bridgehead atoms. The highest BCUT2D eigenvalue weighted by atomic mass is 79.9. The van der Waals surface area contributed by atoms with E-state index in [0.717, 1.165) is 48.6 Å². The lowest BCUT2D eigenvalue weighted by atomic mass is 10.2. The third-order valence-electron chi connectivity index (χ3n) is 3.92. The average Bonchev–Trinajstić information content (AvgIpc) is 2.57. The van der Waals surface area contributed by atoms with Gasteiger partial charge < -0.3 is 15.5 Å². The van der Waals surface area contributed by atoms with Gasteiger partial charge in [0.25, 0.3) is 0 Å². The fourth-order valence-corrected chi connectivity index (χ4v) is 3.93. The van der Waals surface area contributed by atoms with Crippen LogP contribution >= 0.6 is 27.9 Å². The van der Waals surface area contributed by atoms with Crippen molar-refractivity contribution in [3.8, 4) is 0 Å². The van der Waals surface area contributed by atoms with Gasteiger partial charge in [0.15, 0.2) is 0 Å². The molecule has 5 nitrogen and oxygen atoms in total. The first kappa shape index (κ1) is 19.6. The molecule has 134 valence electrons. The number of carbonyl (C=O) groups is 1. The van der Waals surface area contributed by atoms with E-state index in [1.807, 2.05) is 24.1 Å². The summed E-state index contributed by atoms with van der Waals surface area (Å²) >= 11 is 5.42. The number of nitrogens with one attached hydrogen (secondary N) is 2. The van der Waals surface area contributed by atoms with Crippen molar-refractivity contribution in [1.29, 1.82) is 0 Å². The van der Waals surface area contributed by atoms with E-state index in [-0.39, 0.29) is 0 Å². The molecule has 1 amide bonds. The highest BCUT2D eigenvalue weighted by molar-refractivity contribution is 9.10. The Kier molecular flexibility index (Phi) is 8.38. The first-order valence-corrected chi connectivity index (χ1v) is 10.2. The molecule has 24 heavy (non-hydrogen) atoms. The van der Waals surface area contributed by atoms with E-state index in [2.05, 4.69) is 55.7 Å². The second-order valence-corrected chi connectivity index (χ2v) is 8.18. The van der Waals surface area contributed by atoms with Gasteiger partial charge in [0.05, 0.1) is 5.69 Å². The van der Waals surface area contributed by atoms with Gasteiger partial charge in [-0.3, -0.25) is 4.79 Å². The van der Waals surface area contributed by atoms with E-state index in [0.29, 0.717) is 12.5 Å². The van der Waals surface area contributed by atoms with Crippen LogP contribution in [0.25, 0.3) is 0 Å². The van der Waals surface area contributed by atoms with Gasteiger partial charge in [-0.15, -0.1) is 0 Å². The van der Waals surface area contributed by atoms with Gasteiger partial charge >= 0.3 is 0 Å². The van der Waals surface area contributed by atoms with Gasteiger partial charge in [0.2, 0.25) is 6.41 Å². The molecule has 1 aromatic carbocycles. The van der Waals surface area contributed by atoms with Crippen molar-refractivity contribution in [2.24, 2.45) is 0 Å². The molecule has 0 unspecified atom stereocenters. The van der Waals surface area contributed by atoms with Gasteiger partial charge in [-0.2, -0.15) is 0 Å². The van der Waals surface area contributed by atoms with Gasteiger partial charge in [-0.25, -0.2) is 4.31 Å². The molecule has 0 saturated carbocycles. The standard InChI is InChI=1S/C17H27BrN4OS/c1-14(2)19-6-3-11-24-22-9-7-21(8-10-22)15-4-5-16(18)17(12-15)20-13-23/h4-5,12-14,19H,3,6-11H2,1-2H3,(H,20,23). The van der Waals surface area contributed by atoms with Gasteiger partial charge in [0.1, 0.15) is 0 Å². The summed E-state index contributed by atoms with van der Waals surface area (Å²) in [6.45, 7) is 9.62. The molecule has 1 aromatic rings. The lowest BCUT2D eigenvalue weighted by Gasteiger charge is -2.35. The lowest BCUT2D eigenvalue weighted by molar-refractivity contribution is -0.105. The Bertz CT molecular complexity index is 521. The first-order chi connectivity index (χ1) is 11.6. The van der Waals surface area contributed by atoms with E-state index in [1.54, 1.807) is 0 Å². The molecular weight excluding hydrogens is 388 g/mol. The molecule has 1 saturated heterocycles. The van der Waals surface area contributed by atoms with E-state index in [4.69, 9.17) is 0 Å². The predicted octanol–water partition coefficient (Wildman–Crippen LogP) is 3.18. The summed E-state index contributed by atoms with van der Waals surface area (Å²) in [5.74, 6) is 1.17. The molecule has 2 rings (SSSR count). The highest BCUT2D eigenvalue weighted by Crippen LogP contribution is 2.28. The molecule has 7 heteroatoms. The van der Waals surface area contributed by atoms with Crippen LogP contribution in [0.15, 0.2) is 22.7 Å². The van der Waals surface area contributed by atoms with Crippen LogP contribution < -0.4 is 15.5 Å². The number of hydrogen-bond acceptors (Lipinski definition) is 5. The van der Waals surface area contributed by atoms with E-state index in [1.165, 1.54) is 12.2 Å². The van der Waals surface area contributed by atoms with Gasteiger partial charge in [-0.05, 0) is 47.1 Å². The second kappa shape index (κ2) is 10.3. The average molecular weight is 415 g/mol. The fourth-order valence-electron chi connectivity index (χ4n) is 2.62. The number of rotatable bonds is 9. The second-order valence-electron chi connectivity index (χ2n) is 6.14. The Morgan fingerprint density at radius 2 is 2.04 bits per heavy atom. The molecule has 1 aliphatic heterocycles. The number of halogens is 1. The maximum atomic E-state index is 10.7. The number of carbonyl (C=O) groups excluding carboxylic acids is 1. The molecule has 1 aliphatic rings. The minimum Gasteiger partial charge on any atom is -0.369 e. The Hall–Kier alpha value is -0.760. The lowest BCUT2D eigenvalue weighted by Crippen LogP contribution is -2.43. The third kappa shape index (κ3) is 6.27. The molecule has 0 spiro atoms. The van der Waals surface area contributed by atoms with E-state index in [9.17, 15) is 4.79 Å². The summed E-state index contributed by atoms with van der Waals surface area (Å²) in [6, 6.07) is 6.69.